The topological polar surface area (TPSA) is 84.2 Å². The van der Waals surface area contributed by atoms with Crippen LogP contribution in [-0.4, -0.2) is 16.9 Å². The fourth-order valence-electron chi connectivity index (χ4n) is 2.89. The number of thiophene rings is 1. The lowest BCUT2D eigenvalue weighted by atomic mass is 9.95. The van der Waals surface area contributed by atoms with Crippen LogP contribution in [0, 0.1) is 0 Å². The highest BCUT2D eigenvalue weighted by Crippen LogP contribution is 2.37. The van der Waals surface area contributed by atoms with Gasteiger partial charge in [-0.15, -0.1) is 11.3 Å². The van der Waals surface area contributed by atoms with E-state index in [4.69, 9.17) is 41.2 Å². The molecule has 0 saturated heterocycles. The molecule has 0 aliphatic heterocycles. The minimum absolute atomic E-state index is 0.0714. The van der Waals surface area contributed by atoms with Crippen molar-refractivity contribution in [3.63, 3.8) is 0 Å². The van der Waals surface area contributed by atoms with Gasteiger partial charge in [-0.1, -0.05) is 23.2 Å². The molecule has 5 nitrogen and oxygen atoms in total. The van der Waals surface area contributed by atoms with Crippen molar-refractivity contribution in [2.75, 3.05) is 5.32 Å². The highest BCUT2D eigenvalue weighted by Gasteiger charge is 2.24. The van der Waals surface area contributed by atoms with Gasteiger partial charge in [0.25, 0.3) is 11.8 Å². The van der Waals surface area contributed by atoms with E-state index in [0.717, 1.165) is 36.1 Å². The Labute approximate surface area is 169 Å². The van der Waals surface area contributed by atoms with Crippen molar-refractivity contribution in [2.45, 2.75) is 25.7 Å². The number of benzene rings is 1. The molecule has 1 aliphatic rings. The predicted molar refractivity (Wildman–Crippen MR) is 110 cm³/mol. The minimum Gasteiger partial charge on any atom is -0.365 e. The molecule has 2 aromatic rings. The van der Waals surface area contributed by atoms with Crippen LogP contribution in [0.2, 0.25) is 10.0 Å². The molecule has 0 fully saturated rings. The van der Waals surface area contributed by atoms with Crippen LogP contribution in [-0.2, 0) is 12.8 Å². The van der Waals surface area contributed by atoms with Gasteiger partial charge in [0.05, 0.1) is 16.1 Å². The zero-order chi connectivity index (χ0) is 18.8. The minimum atomic E-state index is -0.498. The third kappa shape index (κ3) is 4.01. The Morgan fingerprint density at radius 1 is 1.19 bits per heavy atom. The Kier molecular flexibility index (Phi) is 5.82. The summed E-state index contributed by atoms with van der Waals surface area (Å²) in [7, 11) is 0. The van der Waals surface area contributed by atoms with E-state index in [2.05, 4.69) is 10.6 Å². The SMILES string of the molecule is NC(=O)c1c(NC(=S)NC(=O)c2ccc(Cl)cc2Cl)sc2c1CCCC2. The highest BCUT2D eigenvalue weighted by atomic mass is 35.5. The van der Waals surface area contributed by atoms with Crippen LogP contribution in [0.1, 0.15) is 44.0 Å². The molecule has 9 heteroatoms. The highest BCUT2D eigenvalue weighted by molar-refractivity contribution is 7.80. The number of anilines is 1. The molecule has 136 valence electrons. The smallest absolute Gasteiger partial charge is 0.258 e. The quantitative estimate of drug-likeness (QED) is 0.641. The summed E-state index contributed by atoms with van der Waals surface area (Å²) in [6.45, 7) is 0. The van der Waals surface area contributed by atoms with E-state index in [9.17, 15) is 9.59 Å². The van der Waals surface area contributed by atoms with E-state index >= 15 is 0 Å². The van der Waals surface area contributed by atoms with Gasteiger partial charge in [0.2, 0.25) is 0 Å². The molecule has 1 heterocycles. The summed E-state index contributed by atoms with van der Waals surface area (Å²) in [5.41, 5.74) is 7.26. The van der Waals surface area contributed by atoms with Crippen molar-refractivity contribution in [1.29, 1.82) is 0 Å². The van der Waals surface area contributed by atoms with Crippen molar-refractivity contribution in [1.82, 2.24) is 5.32 Å². The van der Waals surface area contributed by atoms with Gasteiger partial charge in [0.1, 0.15) is 5.00 Å². The van der Waals surface area contributed by atoms with Gasteiger partial charge in [0.15, 0.2) is 5.11 Å². The molecule has 0 saturated carbocycles. The third-order valence-corrected chi connectivity index (χ3v) is 6.01. The molecule has 0 spiro atoms. The maximum absolute atomic E-state index is 12.3. The van der Waals surface area contributed by atoms with Gasteiger partial charge in [0, 0.05) is 9.90 Å². The fourth-order valence-corrected chi connectivity index (χ4v) is 4.95. The molecule has 4 N–H and O–H groups in total. The molecule has 26 heavy (non-hydrogen) atoms. The first-order chi connectivity index (χ1) is 12.4. The van der Waals surface area contributed by atoms with Crippen molar-refractivity contribution < 1.29 is 9.59 Å². The maximum atomic E-state index is 12.3. The fraction of sp³-hybridized carbons (Fsp3) is 0.235. The summed E-state index contributed by atoms with van der Waals surface area (Å²) in [6, 6.07) is 4.56. The Morgan fingerprint density at radius 2 is 1.92 bits per heavy atom. The lowest BCUT2D eigenvalue weighted by Gasteiger charge is -2.12. The summed E-state index contributed by atoms with van der Waals surface area (Å²) in [6.07, 6.45) is 3.86. The number of thiocarbonyl (C=S) groups is 1. The molecular weight excluding hydrogens is 413 g/mol. The lowest BCUT2D eigenvalue weighted by Crippen LogP contribution is -2.34. The van der Waals surface area contributed by atoms with Gasteiger partial charge in [-0.25, -0.2) is 0 Å². The number of carbonyl (C=O) groups is 2. The predicted octanol–water partition coefficient (Wildman–Crippen LogP) is 4.16. The number of halogens is 2. The first-order valence-corrected chi connectivity index (χ1v) is 9.86. The van der Waals surface area contributed by atoms with Crippen molar-refractivity contribution >= 4 is 68.7 Å². The molecule has 0 unspecified atom stereocenters. The summed E-state index contributed by atoms with van der Waals surface area (Å²) in [4.78, 5) is 25.4. The van der Waals surface area contributed by atoms with Gasteiger partial charge in [-0.3, -0.25) is 14.9 Å². The van der Waals surface area contributed by atoms with Crippen molar-refractivity contribution in [3.8, 4) is 0 Å². The van der Waals surface area contributed by atoms with Crippen molar-refractivity contribution in [3.05, 3.63) is 49.8 Å². The lowest BCUT2D eigenvalue weighted by molar-refractivity contribution is 0.0975. The Morgan fingerprint density at radius 3 is 2.62 bits per heavy atom. The largest absolute Gasteiger partial charge is 0.365 e. The molecule has 0 bridgehead atoms. The summed E-state index contributed by atoms with van der Waals surface area (Å²) < 4.78 is 0. The molecule has 1 aromatic carbocycles. The van der Waals surface area contributed by atoms with E-state index in [1.54, 1.807) is 6.07 Å². The van der Waals surface area contributed by atoms with E-state index in [-0.39, 0.29) is 15.7 Å². The summed E-state index contributed by atoms with van der Waals surface area (Å²) in [5.74, 6) is -0.965. The van der Waals surface area contributed by atoms with Crippen LogP contribution in [0.25, 0.3) is 0 Å². The van der Waals surface area contributed by atoms with Crippen LogP contribution < -0.4 is 16.4 Å². The Hall–Kier alpha value is -1.67. The van der Waals surface area contributed by atoms with Crippen LogP contribution in [0.15, 0.2) is 18.2 Å². The molecule has 1 aromatic heterocycles. The molecule has 0 radical (unpaired) electrons. The molecular formula is C17H15Cl2N3O2S2. The van der Waals surface area contributed by atoms with E-state index in [1.165, 1.54) is 23.5 Å². The normalized spacial score (nSPS) is 13.0. The molecule has 0 atom stereocenters. The monoisotopic (exact) mass is 427 g/mol. The average molecular weight is 428 g/mol. The van der Waals surface area contributed by atoms with Crippen LogP contribution in [0.4, 0.5) is 5.00 Å². The zero-order valence-electron chi connectivity index (χ0n) is 13.5. The number of nitrogens with one attached hydrogen (secondary N) is 2. The second kappa shape index (κ2) is 7.92. The van der Waals surface area contributed by atoms with Crippen LogP contribution in [0.3, 0.4) is 0 Å². The molecule has 2 amide bonds. The number of hydrogen-bond acceptors (Lipinski definition) is 4. The van der Waals surface area contributed by atoms with Gasteiger partial charge in [-0.2, -0.15) is 0 Å². The average Bonchev–Trinajstić information content (AvgIpc) is 2.92. The number of carbonyl (C=O) groups excluding carboxylic acids is 2. The second-order valence-electron chi connectivity index (χ2n) is 5.81. The number of aryl methyl sites for hydroxylation is 1. The first-order valence-electron chi connectivity index (χ1n) is 7.88. The number of rotatable bonds is 3. The number of primary amides is 1. The number of hydrogen-bond donors (Lipinski definition) is 3. The van der Waals surface area contributed by atoms with Crippen LogP contribution in [0.5, 0.6) is 0 Å². The summed E-state index contributed by atoms with van der Waals surface area (Å²) >= 11 is 18.5. The van der Waals surface area contributed by atoms with Crippen LogP contribution >= 0.6 is 46.8 Å². The first kappa shape index (κ1) is 19.1. The Balaban J connectivity index is 1.77. The van der Waals surface area contributed by atoms with Gasteiger partial charge < -0.3 is 11.1 Å². The third-order valence-electron chi connectivity index (χ3n) is 4.05. The van der Waals surface area contributed by atoms with E-state index < -0.39 is 11.8 Å². The zero-order valence-corrected chi connectivity index (χ0v) is 16.7. The van der Waals surface area contributed by atoms with E-state index in [1.807, 2.05) is 0 Å². The van der Waals surface area contributed by atoms with E-state index in [0.29, 0.717) is 15.6 Å². The second-order valence-corrected chi connectivity index (χ2v) is 8.17. The van der Waals surface area contributed by atoms with Gasteiger partial charge in [-0.05, 0) is 61.7 Å². The number of amides is 2. The van der Waals surface area contributed by atoms with Gasteiger partial charge >= 0.3 is 0 Å². The number of nitrogens with two attached hydrogens (primary N) is 1. The number of fused-ring (bicyclic) bond motifs is 1. The molecule has 1 aliphatic carbocycles. The maximum Gasteiger partial charge on any atom is 0.258 e. The van der Waals surface area contributed by atoms with Crippen molar-refractivity contribution in [2.24, 2.45) is 5.73 Å². The Bertz CT molecular complexity index is 912. The standard InChI is InChI=1S/C17H15Cl2N3O2S2/c18-8-5-6-9(11(19)7-8)15(24)21-17(25)22-16-13(14(20)23)10-3-1-2-4-12(10)26-16/h5-7H,1-4H2,(H2,20,23)(H2,21,22,24,25). The molecule has 3 rings (SSSR count). The summed E-state index contributed by atoms with van der Waals surface area (Å²) in [5, 5.41) is 6.78.